The summed E-state index contributed by atoms with van der Waals surface area (Å²) in [6, 6.07) is 12.7. The molecule has 0 aliphatic rings. The molecule has 0 aliphatic carbocycles. The summed E-state index contributed by atoms with van der Waals surface area (Å²) in [5, 5.41) is 5.22. The van der Waals surface area contributed by atoms with Crippen LogP contribution in [-0.4, -0.2) is 26.5 Å². The lowest BCUT2D eigenvalue weighted by Gasteiger charge is -2.18. The second-order valence-electron chi connectivity index (χ2n) is 6.98. The number of hydrogen-bond donors (Lipinski definition) is 4. The molecule has 2 aromatic carbocycles. The fourth-order valence-corrected chi connectivity index (χ4v) is 3.54. The normalized spacial score (nSPS) is 11.7. The van der Waals surface area contributed by atoms with Crippen LogP contribution in [0.15, 0.2) is 53.4 Å². The summed E-state index contributed by atoms with van der Waals surface area (Å²) in [5.74, 6) is 0. The molecule has 146 valence electrons. The van der Waals surface area contributed by atoms with Crippen molar-refractivity contribution in [2.75, 3.05) is 16.6 Å². The Morgan fingerprint density at radius 1 is 1.00 bits per heavy atom. The van der Waals surface area contributed by atoms with Crippen molar-refractivity contribution in [2.24, 2.45) is 5.73 Å². The molecular weight excluding hydrogens is 364 g/mol. The second-order valence-corrected chi connectivity index (χ2v) is 8.66. The van der Waals surface area contributed by atoms with E-state index in [1.807, 2.05) is 32.9 Å². The first-order valence-electron chi connectivity index (χ1n) is 8.64. The molecule has 2 rings (SSSR count). The largest absolute Gasteiger partial charge is 0.338 e. The number of hydrogen-bond acceptors (Lipinski definition) is 4. The van der Waals surface area contributed by atoms with Crippen molar-refractivity contribution in [3.05, 3.63) is 54.1 Å². The highest BCUT2D eigenvalue weighted by Gasteiger charge is 2.15. The van der Waals surface area contributed by atoms with Crippen LogP contribution in [0.5, 0.6) is 0 Å². The fraction of sp³-hybridized carbons (Fsp3) is 0.316. The Hall–Kier alpha value is -2.58. The van der Waals surface area contributed by atoms with Crippen LogP contribution in [0, 0.1) is 0 Å². The van der Waals surface area contributed by atoms with Gasteiger partial charge in [0.2, 0.25) is 0 Å². The molecule has 0 spiro atoms. The van der Waals surface area contributed by atoms with Crippen molar-refractivity contribution in [1.29, 1.82) is 0 Å². The molecule has 0 aromatic heterocycles. The molecule has 0 saturated heterocycles. The summed E-state index contributed by atoms with van der Waals surface area (Å²) in [7, 11) is -3.72. The first kappa shape index (κ1) is 20.7. The van der Waals surface area contributed by atoms with Gasteiger partial charge >= 0.3 is 6.03 Å². The summed E-state index contributed by atoms with van der Waals surface area (Å²) in [4.78, 5) is 11.6. The minimum Gasteiger partial charge on any atom is -0.338 e. The lowest BCUT2D eigenvalue weighted by molar-refractivity contribution is 0.252. The number of urea groups is 1. The zero-order valence-electron chi connectivity index (χ0n) is 15.7. The van der Waals surface area contributed by atoms with Gasteiger partial charge in [0.05, 0.1) is 4.90 Å². The van der Waals surface area contributed by atoms with Gasteiger partial charge in [-0.1, -0.05) is 12.1 Å². The number of rotatable bonds is 7. The highest BCUT2D eigenvalue weighted by molar-refractivity contribution is 7.92. The van der Waals surface area contributed by atoms with Crippen LogP contribution in [0.25, 0.3) is 0 Å². The van der Waals surface area contributed by atoms with Crippen molar-refractivity contribution >= 4 is 27.4 Å². The van der Waals surface area contributed by atoms with Gasteiger partial charge in [-0.15, -0.1) is 0 Å². The van der Waals surface area contributed by atoms with Gasteiger partial charge in [-0.3, -0.25) is 4.72 Å². The number of carbonyl (C=O) groups excluding carboxylic acids is 1. The first-order chi connectivity index (χ1) is 12.6. The molecule has 27 heavy (non-hydrogen) atoms. The minimum absolute atomic E-state index is 0.108. The quantitative estimate of drug-likeness (QED) is 0.582. The van der Waals surface area contributed by atoms with Gasteiger partial charge in [0, 0.05) is 23.5 Å². The topological polar surface area (TPSA) is 113 Å². The predicted octanol–water partition coefficient (Wildman–Crippen LogP) is 2.91. The maximum absolute atomic E-state index is 12.5. The minimum atomic E-state index is -3.72. The molecule has 5 N–H and O–H groups in total. The Kier molecular flexibility index (Phi) is 6.45. The molecular formula is C19H26N4O3S. The molecule has 0 heterocycles. The summed E-state index contributed by atoms with van der Waals surface area (Å²) in [5.41, 5.74) is 7.68. The SMILES string of the molecule is CCNC(=O)Nc1ccc(S(=O)(=O)Nc2ccc(CC(C)(C)N)cc2)cc1. The third-order valence-electron chi connectivity index (χ3n) is 3.63. The van der Waals surface area contributed by atoms with E-state index >= 15 is 0 Å². The zero-order valence-corrected chi connectivity index (χ0v) is 16.6. The molecule has 2 aromatic rings. The highest BCUT2D eigenvalue weighted by atomic mass is 32.2. The molecule has 0 aliphatic heterocycles. The standard InChI is InChI=1S/C19H26N4O3S/c1-4-21-18(24)22-15-9-11-17(12-10-15)27(25,26)23-16-7-5-14(6-8-16)13-19(2,3)20/h5-12,23H,4,13,20H2,1-3H3,(H2,21,22,24). The summed E-state index contributed by atoms with van der Waals surface area (Å²) < 4.78 is 27.6. The average molecular weight is 391 g/mol. The van der Waals surface area contributed by atoms with Crippen LogP contribution >= 0.6 is 0 Å². The van der Waals surface area contributed by atoms with E-state index in [1.54, 1.807) is 12.1 Å². The first-order valence-corrected chi connectivity index (χ1v) is 10.1. The number of sulfonamides is 1. The zero-order chi connectivity index (χ0) is 20.1. The molecule has 0 saturated carbocycles. The molecule has 0 atom stereocenters. The summed E-state index contributed by atoms with van der Waals surface area (Å²) >= 11 is 0. The van der Waals surface area contributed by atoms with Crippen LogP contribution in [0.3, 0.4) is 0 Å². The van der Waals surface area contributed by atoms with Gasteiger partial charge in [0.1, 0.15) is 0 Å². The van der Waals surface area contributed by atoms with Crippen LogP contribution in [0.1, 0.15) is 26.3 Å². The van der Waals surface area contributed by atoms with E-state index in [1.165, 1.54) is 24.3 Å². The molecule has 8 heteroatoms. The summed E-state index contributed by atoms with van der Waals surface area (Å²) in [6.45, 7) is 6.19. The number of amides is 2. The molecule has 0 unspecified atom stereocenters. The molecule has 0 fully saturated rings. The van der Waals surface area contributed by atoms with E-state index in [-0.39, 0.29) is 16.5 Å². The van der Waals surface area contributed by atoms with E-state index in [9.17, 15) is 13.2 Å². The molecule has 0 bridgehead atoms. The number of benzene rings is 2. The number of nitrogens with one attached hydrogen (secondary N) is 3. The van der Waals surface area contributed by atoms with Crippen molar-refractivity contribution in [1.82, 2.24) is 5.32 Å². The number of nitrogens with two attached hydrogens (primary N) is 1. The predicted molar refractivity (Wildman–Crippen MR) is 108 cm³/mol. The van der Waals surface area contributed by atoms with E-state index in [0.717, 1.165) is 5.56 Å². The Balaban J connectivity index is 2.06. The van der Waals surface area contributed by atoms with Gasteiger partial charge in [-0.25, -0.2) is 13.2 Å². The van der Waals surface area contributed by atoms with E-state index < -0.39 is 10.0 Å². The van der Waals surface area contributed by atoms with E-state index in [2.05, 4.69) is 15.4 Å². The monoisotopic (exact) mass is 390 g/mol. The van der Waals surface area contributed by atoms with Crippen LogP contribution < -0.4 is 21.1 Å². The Bertz CT molecular complexity index is 871. The van der Waals surface area contributed by atoms with Crippen molar-refractivity contribution in [3.8, 4) is 0 Å². The third kappa shape index (κ3) is 6.58. The third-order valence-corrected chi connectivity index (χ3v) is 5.02. The molecule has 2 amide bonds. The van der Waals surface area contributed by atoms with Gasteiger partial charge in [-0.05, 0) is 69.2 Å². The smallest absolute Gasteiger partial charge is 0.319 e. The fourth-order valence-electron chi connectivity index (χ4n) is 2.48. The van der Waals surface area contributed by atoms with E-state index in [4.69, 9.17) is 5.73 Å². The molecule has 7 nitrogen and oxygen atoms in total. The van der Waals surface area contributed by atoms with Gasteiger partial charge in [0.25, 0.3) is 10.0 Å². The average Bonchev–Trinajstić information content (AvgIpc) is 2.56. The lowest BCUT2D eigenvalue weighted by Crippen LogP contribution is -2.34. The maximum atomic E-state index is 12.5. The number of anilines is 2. The van der Waals surface area contributed by atoms with Crippen molar-refractivity contribution in [3.63, 3.8) is 0 Å². The molecule has 0 radical (unpaired) electrons. The van der Waals surface area contributed by atoms with Gasteiger partial charge < -0.3 is 16.4 Å². The second kappa shape index (κ2) is 8.41. The maximum Gasteiger partial charge on any atom is 0.319 e. The van der Waals surface area contributed by atoms with Crippen molar-refractivity contribution in [2.45, 2.75) is 37.6 Å². The van der Waals surface area contributed by atoms with Gasteiger partial charge in [-0.2, -0.15) is 0 Å². The van der Waals surface area contributed by atoms with Crippen LogP contribution in [0.2, 0.25) is 0 Å². The Morgan fingerprint density at radius 3 is 2.07 bits per heavy atom. The Labute approximate surface area is 160 Å². The van der Waals surface area contributed by atoms with Crippen LogP contribution in [0.4, 0.5) is 16.2 Å². The van der Waals surface area contributed by atoms with Crippen LogP contribution in [-0.2, 0) is 16.4 Å². The van der Waals surface area contributed by atoms with E-state index in [0.29, 0.717) is 24.3 Å². The number of carbonyl (C=O) groups is 1. The highest BCUT2D eigenvalue weighted by Crippen LogP contribution is 2.20. The summed E-state index contributed by atoms with van der Waals surface area (Å²) in [6.07, 6.45) is 0.695. The van der Waals surface area contributed by atoms with Crippen molar-refractivity contribution < 1.29 is 13.2 Å². The van der Waals surface area contributed by atoms with Gasteiger partial charge in [0.15, 0.2) is 0 Å². The Morgan fingerprint density at radius 2 is 1.56 bits per heavy atom. The lowest BCUT2D eigenvalue weighted by atomic mass is 9.96.